The van der Waals surface area contributed by atoms with Crippen LogP contribution < -0.4 is 9.80 Å². The van der Waals surface area contributed by atoms with Gasteiger partial charge in [-0.2, -0.15) is 47.5 Å². The molecule has 49 heavy (non-hydrogen) atoms. The number of nitrogens with zero attached hydrogens (tertiary/aromatic N) is 4. The van der Waals surface area contributed by atoms with Crippen molar-refractivity contribution in [3.63, 3.8) is 0 Å². The van der Waals surface area contributed by atoms with Gasteiger partial charge in [0.2, 0.25) is 0 Å². The number of para-hydroxylation sites is 3. The molecule has 0 saturated heterocycles. The summed E-state index contributed by atoms with van der Waals surface area (Å²) in [6.07, 6.45) is 1.92. The molecule has 1 aliphatic rings. The summed E-state index contributed by atoms with van der Waals surface area (Å²) in [5, 5.41) is 2.36. The summed E-state index contributed by atoms with van der Waals surface area (Å²) in [6.45, 7) is 14.3. The second-order valence-electron chi connectivity index (χ2n) is 14.4. The van der Waals surface area contributed by atoms with Crippen molar-refractivity contribution in [1.29, 1.82) is 0 Å². The van der Waals surface area contributed by atoms with Gasteiger partial charge in [0.15, 0.2) is 0 Å². The van der Waals surface area contributed by atoms with Crippen LogP contribution in [0.5, 0.6) is 0 Å². The van der Waals surface area contributed by atoms with Crippen molar-refractivity contribution in [2.24, 2.45) is 0 Å². The molecule has 0 N–H and O–H groups in total. The van der Waals surface area contributed by atoms with Gasteiger partial charge in [-0.05, 0) is 85.5 Å². The molecule has 0 aliphatic carbocycles. The maximum Gasteiger partial charge on any atom is 2.00 e. The van der Waals surface area contributed by atoms with E-state index in [1.165, 1.54) is 33.3 Å². The van der Waals surface area contributed by atoms with Gasteiger partial charge in [-0.15, -0.1) is 11.5 Å². The number of aryl methyl sites for hydroxylation is 1. The van der Waals surface area contributed by atoms with E-state index in [0.717, 1.165) is 45.9 Å². The van der Waals surface area contributed by atoms with Crippen molar-refractivity contribution in [2.75, 3.05) is 16.5 Å². The van der Waals surface area contributed by atoms with Gasteiger partial charge in [-0.3, -0.25) is 0 Å². The Morgan fingerprint density at radius 3 is 2.18 bits per heavy atom. The fraction of sp³-hybridized carbons (Fsp3) is 0.205. The van der Waals surface area contributed by atoms with E-state index < -0.39 is 0 Å². The molecule has 5 heteroatoms. The quantitative estimate of drug-likeness (QED) is 0.162. The van der Waals surface area contributed by atoms with Crippen LogP contribution in [-0.4, -0.2) is 21.8 Å². The molecule has 0 saturated carbocycles. The topological polar surface area (TPSA) is 24.3 Å². The van der Waals surface area contributed by atoms with Crippen molar-refractivity contribution in [2.45, 2.75) is 52.5 Å². The van der Waals surface area contributed by atoms with E-state index >= 15 is 0 Å². The molecule has 4 nitrogen and oxygen atoms in total. The van der Waals surface area contributed by atoms with Crippen molar-refractivity contribution < 1.29 is 21.1 Å². The van der Waals surface area contributed by atoms with Gasteiger partial charge in [-0.25, -0.2) is 4.98 Å². The monoisotopic (exact) mass is 819 g/mol. The maximum atomic E-state index is 4.91. The molecule has 5 aromatic carbocycles. The minimum Gasteiger partial charge on any atom is -0.347 e. The molecule has 0 amide bonds. The number of rotatable bonds is 5. The van der Waals surface area contributed by atoms with E-state index in [2.05, 4.69) is 183 Å². The Balaban J connectivity index is 0.00000378. The second-order valence-corrected chi connectivity index (χ2v) is 14.4. The van der Waals surface area contributed by atoms with Crippen LogP contribution in [0.1, 0.15) is 51.3 Å². The minimum atomic E-state index is -0.356. The Bertz CT molecular complexity index is 2330. The van der Waals surface area contributed by atoms with Gasteiger partial charge < -0.3 is 14.4 Å². The standard InChI is InChI=1S/C44H40N4.Pt/c1-30-14-7-8-17-35(30)31-24-25-45-42(26-31)48-38-19-10-9-18-36(38)37-23-22-33(28-41(37)48)44(5,6)32-15-13-16-34(27-32)46-29-47(43(2,3)4)40-21-12-11-20-39(40)46;/h7-26H,29H2,1-6H3;/q-2;+2. The number of hydrogen-bond donors (Lipinski definition) is 0. The van der Waals surface area contributed by atoms with Crippen molar-refractivity contribution >= 4 is 38.9 Å². The molecular formula is C44H40N4Pt. The van der Waals surface area contributed by atoms with Gasteiger partial charge in [-0.1, -0.05) is 79.6 Å². The van der Waals surface area contributed by atoms with E-state index in [0.29, 0.717) is 0 Å². The van der Waals surface area contributed by atoms with Crippen LogP contribution in [-0.2, 0) is 26.5 Å². The van der Waals surface area contributed by atoms with Crippen LogP contribution in [0, 0.1) is 19.1 Å². The Morgan fingerprint density at radius 1 is 0.673 bits per heavy atom. The predicted molar refractivity (Wildman–Crippen MR) is 201 cm³/mol. The molecule has 3 heterocycles. The summed E-state index contributed by atoms with van der Waals surface area (Å²) in [4.78, 5) is 9.77. The largest absolute Gasteiger partial charge is 2.00 e. The molecule has 0 unspecified atom stereocenters. The first-order valence-electron chi connectivity index (χ1n) is 16.8. The summed E-state index contributed by atoms with van der Waals surface area (Å²) >= 11 is 0. The number of hydrogen-bond acceptors (Lipinski definition) is 3. The smallest absolute Gasteiger partial charge is 0.347 e. The molecule has 0 bridgehead atoms. The molecule has 2 aromatic heterocycles. The summed E-state index contributed by atoms with van der Waals surface area (Å²) in [7, 11) is 0. The first-order valence-corrected chi connectivity index (χ1v) is 16.8. The molecule has 7 aromatic rings. The summed E-state index contributed by atoms with van der Waals surface area (Å²) in [5.74, 6) is 0.887. The molecule has 0 spiro atoms. The van der Waals surface area contributed by atoms with Gasteiger partial charge in [0.05, 0.1) is 18.0 Å². The van der Waals surface area contributed by atoms with Crippen LogP contribution in [0.2, 0.25) is 0 Å². The van der Waals surface area contributed by atoms with Gasteiger partial charge in [0.1, 0.15) is 5.82 Å². The van der Waals surface area contributed by atoms with E-state index in [1.807, 2.05) is 6.20 Å². The van der Waals surface area contributed by atoms with Crippen LogP contribution in [0.4, 0.5) is 17.1 Å². The molecule has 246 valence electrons. The van der Waals surface area contributed by atoms with Gasteiger partial charge >= 0.3 is 21.1 Å². The van der Waals surface area contributed by atoms with E-state index in [9.17, 15) is 0 Å². The number of fused-ring (bicyclic) bond motifs is 4. The van der Waals surface area contributed by atoms with Crippen LogP contribution >= 0.6 is 0 Å². The Hall–Kier alpha value is -4.66. The zero-order valence-electron chi connectivity index (χ0n) is 28.9. The van der Waals surface area contributed by atoms with E-state index in [4.69, 9.17) is 4.98 Å². The van der Waals surface area contributed by atoms with Crippen molar-refractivity contribution in [3.8, 4) is 16.9 Å². The first kappa shape index (κ1) is 32.9. The summed E-state index contributed by atoms with van der Waals surface area (Å²) < 4.78 is 2.27. The fourth-order valence-corrected chi connectivity index (χ4v) is 7.22. The first-order chi connectivity index (χ1) is 23.1. The van der Waals surface area contributed by atoms with Gasteiger partial charge in [0, 0.05) is 17.3 Å². The van der Waals surface area contributed by atoms with Crippen molar-refractivity contribution in [1.82, 2.24) is 9.55 Å². The molecule has 0 fully saturated rings. The average Bonchev–Trinajstić information content (AvgIpc) is 3.65. The van der Waals surface area contributed by atoms with Crippen molar-refractivity contribution in [3.05, 3.63) is 150 Å². The SMILES string of the molecule is Cc1ccccc1-c1ccnc(-n2c3[c-]c(C(C)(C)c4[c-]c(N5CN(C(C)(C)C)c6ccccc65)ccc4)ccc3c3ccccc32)c1.[Pt+2]. The maximum absolute atomic E-state index is 4.91. The molecule has 1 aliphatic heterocycles. The Morgan fingerprint density at radius 2 is 1.39 bits per heavy atom. The van der Waals surface area contributed by atoms with E-state index in [-0.39, 0.29) is 32.0 Å². The Labute approximate surface area is 304 Å². The number of anilines is 3. The fourth-order valence-electron chi connectivity index (χ4n) is 7.22. The summed E-state index contributed by atoms with van der Waals surface area (Å²) in [6, 6.07) is 48.9. The number of pyridine rings is 1. The summed E-state index contributed by atoms with van der Waals surface area (Å²) in [5.41, 5.74) is 11.2. The average molecular weight is 820 g/mol. The second kappa shape index (κ2) is 12.3. The number of benzene rings is 5. The zero-order chi connectivity index (χ0) is 33.2. The van der Waals surface area contributed by atoms with Crippen LogP contribution in [0.3, 0.4) is 0 Å². The van der Waals surface area contributed by atoms with E-state index in [1.54, 1.807) is 0 Å². The minimum absolute atomic E-state index is 0. The molecule has 0 atom stereocenters. The Kier molecular flexibility index (Phi) is 8.28. The number of aromatic nitrogens is 2. The normalized spacial score (nSPS) is 13.2. The zero-order valence-corrected chi connectivity index (χ0v) is 31.1. The third-order valence-electron chi connectivity index (χ3n) is 9.99. The van der Waals surface area contributed by atoms with Crippen LogP contribution in [0.25, 0.3) is 38.8 Å². The molecule has 0 radical (unpaired) electrons. The third kappa shape index (κ3) is 5.57. The van der Waals surface area contributed by atoms with Crippen LogP contribution in [0.15, 0.2) is 121 Å². The van der Waals surface area contributed by atoms with Gasteiger partial charge in [0.25, 0.3) is 0 Å². The third-order valence-corrected chi connectivity index (χ3v) is 9.99. The molecule has 8 rings (SSSR count). The molecular weight excluding hydrogens is 780 g/mol. The predicted octanol–water partition coefficient (Wildman–Crippen LogP) is 10.8.